The predicted octanol–water partition coefficient (Wildman–Crippen LogP) is 1.15. The lowest BCUT2D eigenvalue weighted by molar-refractivity contribution is -0.130. The van der Waals surface area contributed by atoms with Crippen LogP contribution in [0.25, 0.3) is 0 Å². The molecule has 0 aliphatic heterocycles. The minimum Gasteiger partial charge on any atom is -0.412 e. The number of hydrogen-bond acceptors (Lipinski definition) is 1. The van der Waals surface area contributed by atoms with Crippen molar-refractivity contribution in [1.29, 1.82) is 0 Å². The topological polar surface area (TPSA) is 48.6 Å². The van der Waals surface area contributed by atoms with Gasteiger partial charge in [0, 0.05) is 5.56 Å². The van der Waals surface area contributed by atoms with Crippen molar-refractivity contribution in [1.82, 2.24) is 0 Å². The van der Waals surface area contributed by atoms with Gasteiger partial charge in [0.1, 0.15) is 0 Å². The highest BCUT2D eigenvalue weighted by Gasteiger charge is 2.29. The van der Waals surface area contributed by atoms with Gasteiger partial charge >= 0.3 is 5.92 Å². The van der Waals surface area contributed by atoms with E-state index in [-0.39, 0.29) is 17.3 Å². The highest BCUT2D eigenvalue weighted by atomic mass is 19.3. The maximum Gasteiger partial charge on any atom is 0.327 e. The molecular formula is C8H8F2O2. The van der Waals surface area contributed by atoms with Crippen LogP contribution in [-0.2, 0) is 10.7 Å². The summed E-state index contributed by atoms with van der Waals surface area (Å²) in [6.07, 6.45) is -0.359. The Morgan fingerprint density at radius 1 is 1.17 bits per heavy atom. The first-order chi connectivity index (χ1) is 5.17. The van der Waals surface area contributed by atoms with Crippen molar-refractivity contribution in [2.45, 2.75) is 5.92 Å². The second-order valence-electron chi connectivity index (χ2n) is 2.11. The Hall–Kier alpha value is -1.29. The van der Waals surface area contributed by atoms with Crippen LogP contribution in [0.2, 0.25) is 0 Å². The highest BCUT2D eigenvalue weighted by molar-refractivity contribution is 5.63. The average molecular weight is 174 g/mol. The molecule has 0 heterocycles. The number of aldehydes is 1. The van der Waals surface area contributed by atoms with Gasteiger partial charge in [0.05, 0.1) is 0 Å². The number of alkyl halides is 2. The van der Waals surface area contributed by atoms with Crippen molar-refractivity contribution >= 4 is 6.29 Å². The van der Waals surface area contributed by atoms with Gasteiger partial charge in [-0.05, 0) is 0 Å². The molecule has 0 unspecified atom stereocenters. The molecule has 1 rings (SSSR count). The zero-order chi connectivity index (χ0) is 8.32. The summed E-state index contributed by atoms with van der Waals surface area (Å²) in [7, 11) is 0. The molecule has 0 bridgehead atoms. The van der Waals surface area contributed by atoms with E-state index in [2.05, 4.69) is 0 Å². The maximum absolute atomic E-state index is 12.5. The van der Waals surface area contributed by atoms with E-state index in [9.17, 15) is 13.6 Å². The molecule has 1 aromatic carbocycles. The molecule has 12 heavy (non-hydrogen) atoms. The molecule has 0 amide bonds. The van der Waals surface area contributed by atoms with E-state index in [1.165, 1.54) is 24.3 Å². The summed E-state index contributed by atoms with van der Waals surface area (Å²) in [5.41, 5.74) is -0.269. The molecule has 0 saturated heterocycles. The second kappa shape index (κ2) is 3.92. The van der Waals surface area contributed by atoms with Gasteiger partial charge in [-0.2, -0.15) is 8.78 Å². The van der Waals surface area contributed by atoms with Crippen LogP contribution in [0.3, 0.4) is 0 Å². The van der Waals surface area contributed by atoms with Gasteiger partial charge in [-0.1, -0.05) is 30.3 Å². The summed E-state index contributed by atoms with van der Waals surface area (Å²) in [5.74, 6) is -3.35. The van der Waals surface area contributed by atoms with Gasteiger partial charge in [-0.15, -0.1) is 0 Å². The van der Waals surface area contributed by atoms with E-state index in [0.29, 0.717) is 0 Å². The number of halogens is 2. The lowest BCUT2D eigenvalue weighted by atomic mass is 10.1. The number of rotatable bonds is 2. The van der Waals surface area contributed by atoms with Crippen LogP contribution < -0.4 is 0 Å². The minimum absolute atomic E-state index is 0. The van der Waals surface area contributed by atoms with E-state index < -0.39 is 5.92 Å². The van der Waals surface area contributed by atoms with E-state index in [4.69, 9.17) is 0 Å². The number of benzene rings is 1. The van der Waals surface area contributed by atoms with Crippen LogP contribution in [0.5, 0.6) is 0 Å². The first kappa shape index (κ1) is 10.7. The normalized spacial score (nSPS) is 10.2. The first-order valence-electron chi connectivity index (χ1n) is 3.06. The fraction of sp³-hybridized carbons (Fsp3) is 0.125. The molecule has 0 spiro atoms. The van der Waals surface area contributed by atoms with Gasteiger partial charge < -0.3 is 5.48 Å². The smallest absolute Gasteiger partial charge is 0.327 e. The Morgan fingerprint density at radius 3 is 2.08 bits per heavy atom. The van der Waals surface area contributed by atoms with Crippen LogP contribution in [-0.4, -0.2) is 11.8 Å². The minimum atomic E-state index is -3.35. The fourth-order valence-electron chi connectivity index (χ4n) is 0.728. The van der Waals surface area contributed by atoms with Gasteiger partial charge in [-0.25, -0.2) is 0 Å². The standard InChI is InChI=1S/C8H6F2O.H2O/c9-8(10,6-11)7-4-2-1-3-5-7;/h1-6H;1H2. The van der Waals surface area contributed by atoms with Crippen molar-refractivity contribution < 1.29 is 19.1 Å². The molecule has 0 aromatic heterocycles. The molecule has 0 radical (unpaired) electrons. The summed E-state index contributed by atoms with van der Waals surface area (Å²) in [5, 5.41) is 0. The zero-order valence-electron chi connectivity index (χ0n) is 6.13. The predicted molar refractivity (Wildman–Crippen MR) is 40.0 cm³/mol. The molecule has 4 heteroatoms. The number of hydrogen-bond donors (Lipinski definition) is 0. The summed E-state index contributed by atoms with van der Waals surface area (Å²) in [4.78, 5) is 9.88. The number of carbonyl (C=O) groups is 1. The quantitative estimate of drug-likeness (QED) is 0.620. The third kappa shape index (κ3) is 2.10. The Kier molecular flexibility index (Phi) is 3.50. The fourth-order valence-corrected chi connectivity index (χ4v) is 0.728. The summed E-state index contributed by atoms with van der Waals surface area (Å²) in [6, 6.07) is 6.98. The molecule has 1 aromatic rings. The van der Waals surface area contributed by atoms with Gasteiger partial charge in [-0.3, -0.25) is 4.79 Å². The Labute approximate surface area is 68.1 Å². The lowest BCUT2D eigenvalue weighted by Crippen LogP contribution is -2.14. The van der Waals surface area contributed by atoms with Crippen LogP contribution in [0.4, 0.5) is 8.78 Å². The van der Waals surface area contributed by atoms with E-state index in [0.717, 1.165) is 0 Å². The monoisotopic (exact) mass is 174 g/mol. The Bertz CT molecular complexity index is 246. The van der Waals surface area contributed by atoms with Gasteiger partial charge in [0.2, 0.25) is 0 Å². The Morgan fingerprint density at radius 2 is 1.67 bits per heavy atom. The first-order valence-corrected chi connectivity index (χ1v) is 3.06. The molecule has 66 valence electrons. The Balaban J connectivity index is 0.00000121. The third-order valence-corrected chi connectivity index (χ3v) is 1.31. The second-order valence-corrected chi connectivity index (χ2v) is 2.11. The largest absolute Gasteiger partial charge is 0.412 e. The van der Waals surface area contributed by atoms with E-state index in [1.54, 1.807) is 6.07 Å². The maximum atomic E-state index is 12.5. The highest BCUT2D eigenvalue weighted by Crippen LogP contribution is 2.24. The molecule has 0 fully saturated rings. The average Bonchev–Trinajstić information content (AvgIpc) is 2.06. The van der Waals surface area contributed by atoms with E-state index in [1.807, 2.05) is 0 Å². The summed E-state index contributed by atoms with van der Waals surface area (Å²) < 4.78 is 25.0. The third-order valence-electron chi connectivity index (χ3n) is 1.31. The lowest BCUT2D eigenvalue weighted by Gasteiger charge is -2.07. The number of carbonyl (C=O) groups excluding carboxylic acids is 1. The molecule has 2 nitrogen and oxygen atoms in total. The summed E-state index contributed by atoms with van der Waals surface area (Å²) in [6.45, 7) is 0. The van der Waals surface area contributed by atoms with Crippen LogP contribution in [0, 0.1) is 0 Å². The SMILES string of the molecule is O.O=CC(F)(F)c1ccccc1. The van der Waals surface area contributed by atoms with Crippen LogP contribution in [0.15, 0.2) is 30.3 Å². The van der Waals surface area contributed by atoms with Crippen molar-refractivity contribution in [3.63, 3.8) is 0 Å². The van der Waals surface area contributed by atoms with E-state index >= 15 is 0 Å². The van der Waals surface area contributed by atoms with Crippen LogP contribution in [0.1, 0.15) is 5.56 Å². The van der Waals surface area contributed by atoms with Crippen molar-refractivity contribution in [3.05, 3.63) is 35.9 Å². The molecule has 0 atom stereocenters. The molecule has 2 N–H and O–H groups in total. The molecule has 0 aliphatic carbocycles. The van der Waals surface area contributed by atoms with Gasteiger partial charge in [0.15, 0.2) is 6.29 Å². The summed E-state index contributed by atoms with van der Waals surface area (Å²) >= 11 is 0. The van der Waals surface area contributed by atoms with Crippen molar-refractivity contribution in [2.75, 3.05) is 0 Å². The van der Waals surface area contributed by atoms with Crippen molar-refractivity contribution in [2.24, 2.45) is 0 Å². The van der Waals surface area contributed by atoms with Crippen LogP contribution >= 0.6 is 0 Å². The molecular weight excluding hydrogens is 166 g/mol. The molecule has 0 aliphatic rings. The van der Waals surface area contributed by atoms with Gasteiger partial charge in [0.25, 0.3) is 0 Å². The van der Waals surface area contributed by atoms with Crippen molar-refractivity contribution in [3.8, 4) is 0 Å². The molecule has 0 saturated carbocycles. The zero-order valence-corrected chi connectivity index (χ0v) is 6.13.